The van der Waals surface area contributed by atoms with Gasteiger partial charge in [0.1, 0.15) is 9.90 Å². The number of thiophene rings is 1. The summed E-state index contributed by atoms with van der Waals surface area (Å²) >= 11 is 0.992. The van der Waals surface area contributed by atoms with Crippen molar-refractivity contribution in [3.8, 4) is 0 Å². The van der Waals surface area contributed by atoms with Gasteiger partial charge in [-0.25, -0.2) is 26.7 Å². The van der Waals surface area contributed by atoms with Crippen molar-refractivity contribution in [2.45, 2.75) is 24.3 Å². The minimum Gasteiger partial charge on any atom is -0.389 e. The maximum Gasteiger partial charge on any atom is 0.241 e. The molecule has 0 atom stereocenters. The molecule has 1 saturated heterocycles. The summed E-state index contributed by atoms with van der Waals surface area (Å²) in [7, 11) is -7.34. The standard InChI is InChI=1S/C6H11N3O4S3.C4H8O/c1-15(10,11)9-2-4-3-14-6(7)5(4)16(8,12)13;1-2-4-5-3-1/h3,9H,2,7H2,1H3,(H2,8,12,13);1-4H2. The lowest BCUT2D eigenvalue weighted by molar-refractivity contribution is 0.198. The van der Waals surface area contributed by atoms with Crippen molar-refractivity contribution in [3.63, 3.8) is 0 Å². The van der Waals surface area contributed by atoms with Gasteiger partial charge in [-0.3, -0.25) is 0 Å². The average molecular weight is 357 g/mol. The van der Waals surface area contributed by atoms with Gasteiger partial charge in [-0.15, -0.1) is 11.3 Å². The Morgan fingerprint density at radius 3 is 2.24 bits per heavy atom. The van der Waals surface area contributed by atoms with Crippen molar-refractivity contribution in [2.24, 2.45) is 5.14 Å². The van der Waals surface area contributed by atoms with E-state index in [2.05, 4.69) is 4.72 Å². The van der Waals surface area contributed by atoms with E-state index in [1.807, 2.05) is 0 Å². The molecule has 1 aliphatic rings. The molecular formula is C10H19N3O5S3. The van der Waals surface area contributed by atoms with Crippen molar-refractivity contribution in [3.05, 3.63) is 10.9 Å². The molecule has 0 aliphatic carbocycles. The second-order valence-electron chi connectivity index (χ2n) is 4.41. The van der Waals surface area contributed by atoms with Crippen LogP contribution in [-0.4, -0.2) is 36.3 Å². The van der Waals surface area contributed by atoms with Gasteiger partial charge in [0.2, 0.25) is 20.0 Å². The molecule has 0 aromatic carbocycles. The van der Waals surface area contributed by atoms with Crippen molar-refractivity contribution in [1.29, 1.82) is 0 Å². The van der Waals surface area contributed by atoms with Crippen LogP contribution >= 0.6 is 11.3 Å². The molecule has 21 heavy (non-hydrogen) atoms. The van der Waals surface area contributed by atoms with E-state index in [1.165, 1.54) is 18.2 Å². The van der Waals surface area contributed by atoms with Gasteiger partial charge in [0.25, 0.3) is 0 Å². The van der Waals surface area contributed by atoms with E-state index < -0.39 is 20.0 Å². The number of hydrogen-bond donors (Lipinski definition) is 3. The molecule has 0 amide bonds. The first-order valence-electron chi connectivity index (χ1n) is 6.02. The molecule has 2 heterocycles. The molecule has 0 saturated carbocycles. The molecular weight excluding hydrogens is 338 g/mol. The van der Waals surface area contributed by atoms with Crippen LogP contribution in [0.15, 0.2) is 10.3 Å². The Bertz CT molecular complexity index is 655. The molecule has 0 spiro atoms. The second-order valence-corrected chi connectivity index (χ2v) is 8.65. The summed E-state index contributed by atoms with van der Waals surface area (Å²) in [6, 6.07) is 0. The SMILES string of the molecule is C1CCOC1.CS(=O)(=O)NCc1csc(N)c1S(N)(=O)=O. The highest BCUT2D eigenvalue weighted by Gasteiger charge is 2.20. The third-order valence-electron chi connectivity index (χ3n) is 2.48. The fourth-order valence-corrected chi connectivity index (χ4v) is 4.03. The largest absolute Gasteiger partial charge is 0.389 e. The molecule has 5 N–H and O–H groups in total. The number of hydrogen-bond acceptors (Lipinski definition) is 7. The zero-order chi connectivity index (χ0) is 16.1. The smallest absolute Gasteiger partial charge is 0.241 e. The monoisotopic (exact) mass is 357 g/mol. The molecule has 2 rings (SSSR count). The van der Waals surface area contributed by atoms with Crippen LogP contribution in [0, 0.1) is 0 Å². The van der Waals surface area contributed by atoms with Gasteiger partial charge in [-0.1, -0.05) is 0 Å². The first-order chi connectivity index (χ1) is 9.61. The lowest BCUT2D eigenvalue weighted by Crippen LogP contribution is -2.23. The predicted octanol–water partition coefficient (Wildman–Crippen LogP) is -0.176. The number of nitrogens with two attached hydrogens (primary N) is 2. The van der Waals surface area contributed by atoms with Crippen LogP contribution in [0.4, 0.5) is 5.00 Å². The second kappa shape index (κ2) is 7.51. The van der Waals surface area contributed by atoms with Crippen LogP contribution in [0.2, 0.25) is 0 Å². The number of sulfonamides is 2. The fraction of sp³-hybridized carbons (Fsp3) is 0.600. The third kappa shape index (κ3) is 6.72. The normalized spacial score (nSPS) is 15.5. The van der Waals surface area contributed by atoms with Crippen molar-refractivity contribution in [1.82, 2.24) is 4.72 Å². The molecule has 1 aromatic rings. The van der Waals surface area contributed by atoms with Gasteiger partial charge in [-0.05, 0) is 23.8 Å². The summed E-state index contributed by atoms with van der Waals surface area (Å²) in [5, 5.41) is 6.46. The topological polar surface area (TPSA) is 142 Å². The van der Waals surface area contributed by atoms with Crippen molar-refractivity contribution in [2.75, 3.05) is 25.2 Å². The number of rotatable bonds is 4. The zero-order valence-electron chi connectivity index (χ0n) is 11.5. The zero-order valence-corrected chi connectivity index (χ0v) is 14.0. The Labute approximate surface area is 128 Å². The predicted molar refractivity (Wildman–Crippen MR) is 81.8 cm³/mol. The Hall–Kier alpha value is -0.720. The number of anilines is 1. The summed E-state index contributed by atoms with van der Waals surface area (Å²) in [5.74, 6) is 0. The van der Waals surface area contributed by atoms with Crippen LogP contribution < -0.4 is 15.6 Å². The minimum absolute atomic E-state index is 0.0489. The summed E-state index contributed by atoms with van der Waals surface area (Å²) in [6.07, 6.45) is 3.53. The van der Waals surface area contributed by atoms with Crippen molar-refractivity contribution >= 4 is 36.4 Å². The number of nitrogens with one attached hydrogen (secondary N) is 1. The Kier molecular flexibility index (Phi) is 6.56. The number of ether oxygens (including phenoxy) is 1. The third-order valence-corrected chi connectivity index (χ3v) is 5.19. The summed E-state index contributed by atoms with van der Waals surface area (Å²) < 4.78 is 51.2. The summed E-state index contributed by atoms with van der Waals surface area (Å²) in [4.78, 5) is -0.214. The molecule has 0 radical (unpaired) electrons. The molecule has 1 aliphatic heterocycles. The first-order valence-corrected chi connectivity index (χ1v) is 10.3. The molecule has 1 fully saturated rings. The van der Waals surface area contributed by atoms with Gasteiger partial charge in [0.05, 0.1) is 6.26 Å². The van der Waals surface area contributed by atoms with Crippen LogP contribution in [-0.2, 0) is 31.3 Å². The van der Waals surface area contributed by atoms with E-state index in [0.29, 0.717) is 0 Å². The number of nitrogen functional groups attached to an aromatic ring is 1. The van der Waals surface area contributed by atoms with Gasteiger partial charge in [-0.2, -0.15) is 0 Å². The summed E-state index contributed by atoms with van der Waals surface area (Å²) in [5.41, 5.74) is 5.69. The van der Waals surface area contributed by atoms with E-state index in [9.17, 15) is 16.8 Å². The van der Waals surface area contributed by atoms with Crippen LogP contribution in [0.3, 0.4) is 0 Å². The maximum atomic E-state index is 11.2. The molecule has 122 valence electrons. The minimum atomic E-state index is -3.94. The highest BCUT2D eigenvalue weighted by atomic mass is 32.2. The number of primary sulfonamides is 1. The Morgan fingerprint density at radius 2 is 1.86 bits per heavy atom. The van der Waals surface area contributed by atoms with Gasteiger partial charge < -0.3 is 10.5 Å². The van der Waals surface area contributed by atoms with E-state index in [0.717, 1.165) is 30.8 Å². The summed E-state index contributed by atoms with van der Waals surface area (Å²) in [6.45, 7) is 1.85. The van der Waals surface area contributed by atoms with Gasteiger partial charge in [0.15, 0.2) is 0 Å². The quantitative estimate of drug-likeness (QED) is 0.682. The Balaban J connectivity index is 0.000000369. The van der Waals surface area contributed by atoms with Crippen molar-refractivity contribution < 1.29 is 21.6 Å². The lowest BCUT2D eigenvalue weighted by Gasteiger charge is -2.03. The van der Waals surface area contributed by atoms with E-state index in [1.54, 1.807) is 0 Å². The molecule has 0 unspecified atom stereocenters. The maximum absolute atomic E-state index is 11.2. The highest BCUT2D eigenvalue weighted by molar-refractivity contribution is 7.89. The molecule has 1 aromatic heterocycles. The average Bonchev–Trinajstić information content (AvgIpc) is 2.95. The van der Waals surface area contributed by atoms with Crippen LogP contribution in [0.5, 0.6) is 0 Å². The highest BCUT2D eigenvalue weighted by Crippen LogP contribution is 2.28. The first kappa shape index (κ1) is 18.3. The Morgan fingerprint density at radius 1 is 1.29 bits per heavy atom. The van der Waals surface area contributed by atoms with Gasteiger partial charge >= 0.3 is 0 Å². The molecule has 0 bridgehead atoms. The van der Waals surface area contributed by atoms with Crippen LogP contribution in [0.1, 0.15) is 18.4 Å². The van der Waals surface area contributed by atoms with E-state index >= 15 is 0 Å². The molecule has 11 heteroatoms. The van der Waals surface area contributed by atoms with E-state index in [4.69, 9.17) is 15.6 Å². The van der Waals surface area contributed by atoms with Crippen LogP contribution in [0.25, 0.3) is 0 Å². The van der Waals surface area contributed by atoms with E-state index in [-0.39, 0.29) is 22.0 Å². The lowest BCUT2D eigenvalue weighted by atomic mass is 10.3. The molecule has 8 nitrogen and oxygen atoms in total. The fourth-order valence-electron chi connectivity index (χ4n) is 1.56. The van der Waals surface area contributed by atoms with Gasteiger partial charge in [0, 0.05) is 19.8 Å².